The fraction of sp³-hybridized carbons (Fsp3) is 0.667. The van der Waals surface area contributed by atoms with Crippen molar-refractivity contribution in [2.24, 2.45) is 17.6 Å². The Kier molecular flexibility index (Phi) is 6.88. The van der Waals surface area contributed by atoms with Crippen LogP contribution in [0.15, 0.2) is 18.2 Å². The van der Waals surface area contributed by atoms with Crippen molar-refractivity contribution in [2.45, 2.75) is 64.0 Å². The van der Waals surface area contributed by atoms with E-state index in [1.807, 2.05) is 12.1 Å². The first-order valence-electron chi connectivity index (χ1n) is 10.2. The Morgan fingerprint density at radius 2 is 1.81 bits per heavy atom. The predicted octanol–water partition coefficient (Wildman–Crippen LogP) is 3.87. The van der Waals surface area contributed by atoms with Gasteiger partial charge < -0.3 is 20.1 Å². The highest BCUT2D eigenvalue weighted by molar-refractivity contribution is 5.85. The van der Waals surface area contributed by atoms with Gasteiger partial charge in [0.2, 0.25) is 12.7 Å². The highest BCUT2D eigenvalue weighted by Gasteiger charge is 2.37. The molecule has 0 bridgehead atoms. The zero-order valence-corrected chi connectivity index (χ0v) is 16.7. The number of fused-ring (bicyclic) bond motifs is 1. The lowest BCUT2D eigenvalue weighted by Crippen LogP contribution is -2.45. The summed E-state index contributed by atoms with van der Waals surface area (Å²) in [5.74, 6) is 2.37. The molecule has 5 nitrogen and oxygen atoms in total. The summed E-state index contributed by atoms with van der Waals surface area (Å²) in [6, 6.07) is 6.41. The lowest BCUT2D eigenvalue weighted by Gasteiger charge is -2.37. The molecule has 6 heteroatoms. The van der Waals surface area contributed by atoms with Gasteiger partial charge in [-0.3, -0.25) is 4.79 Å². The molecule has 1 aromatic carbocycles. The van der Waals surface area contributed by atoms with Crippen molar-refractivity contribution in [3.63, 3.8) is 0 Å². The van der Waals surface area contributed by atoms with Gasteiger partial charge in [-0.05, 0) is 55.8 Å². The van der Waals surface area contributed by atoms with Gasteiger partial charge >= 0.3 is 0 Å². The Morgan fingerprint density at radius 3 is 2.59 bits per heavy atom. The molecule has 27 heavy (non-hydrogen) atoms. The lowest BCUT2D eigenvalue weighted by atomic mass is 9.90. The summed E-state index contributed by atoms with van der Waals surface area (Å²) in [4.78, 5) is 15.6. The summed E-state index contributed by atoms with van der Waals surface area (Å²) in [6.45, 7) is 1.57. The molecular formula is C21H31ClN2O3. The van der Waals surface area contributed by atoms with E-state index >= 15 is 0 Å². The van der Waals surface area contributed by atoms with Crippen LogP contribution < -0.4 is 15.2 Å². The molecule has 2 aliphatic carbocycles. The van der Waals surface area contributed by atoms with Crippen LogP contribution in [0.2, 0.25) is 0 Å². The van der Waals surface area contributed by atoms with Crippen LogP contribution in [0.25, 0.3) is 0 Å². The predicted molar refractivity (Wildman–Crippen MR) is 107 cm³/mol. The molecule has 1 aromatic rings. The first kappa shape index (κ1) is 20.3. The van der Waals surface area contributed by atoms with E-state index in [1.165, 1.54) is 19.3 Å². The zero-order chi connectivity index (χ0) is 17.9. The molecule has 0 unspecified atom stereocenters. The summed E-state index contributed by atoms with van der Waals surface area (Å²) < 4.78 is 10.9. The van der Waals surface area contributed by atoms with E-state index in [0.717, 1.165) is 49.2 Å². The third-order valence-corrected chi connectivity index (χ3v) is 6.37. The third-order valence-electron chi connectivity index (χ3n) is 6.37. The molecule has 2 N–H and O–H groups in total. The summed E-state index contributed by atoms with van der Waals surface area (Å²) in [7, 11) is 0. The minimum atomic E-state index is 0. The van der Waals surface area contributed by atoms with Gasteiger partial charge in [0.25, 0.3) is 0 Å². The average molecular weight is 395 g/mol. The number of ether oxygens (including phenoxy) is 2. The Labute approximate surface area is 168 Å². The van der Waals surface area contributed by atoms with Gasteiger partial charge in [0.1, 0.15) is 0 Å². The number of rotatable bonds is 5. The molecule has 1 heterocycles. The molecule has 0 aromatic heterocycles. The largest absolute Gasteiger partial charge is 0.454 e. The first-order chi connectivity index (χ1) is 12.8. The summed E-state index contributed by atoms with van der Waals surface area (Å²) in [5.41, 5.74) is 7.07. The van der Waals surface area contributed by atoms with Crippen LogP contribution in [0.4, 0.5) is 0 Å². The number of carbonyl (C=O) groups excluding carboxylic acids is 1. The van der Waals surface area contributed by atoms with Gasteiger partial charge in [-0.15, -0.1) is 12.4 Å². The smallest absolute Gasteiger partial charge is 0.231 e. The van der Waals surface area contributed by atoms with Crippen molar-refractivity contribution in [2.75, 3.05) is 13.3 Å². The minimum absolute atomic E-state index is 0. The van der Waals surface area contributed by atoms with Crippen LogP contribution in [-0.2, 0) is 11.3 Å². The van der Waals surface area contributed by atoms with Crippen LogP contribution in [0, 0.1) is 11.8 Å². The molecule has 4 rings (SSSR count). The Balaban J connectivity index is 0.00000210. The van der Waals surface area contributed by atoms with E-state index in [9.17, 15) is 4.79 Å². The Morgan fingerprint density at radius 1 is 1.04 bits per heavy atom. The molecule has 3 aliphatic rings. The van der Waals surface area contributed by atoms with Crippen molar-refractivity contribution in [3.05, 3.63) is 23.8 Å². The van der Waals surface area contributed by atoms with Gasteiger partial charge in [-0.25, -0.2) is 0 Å². The number of amides is 1. The normalized spacial score (nSPS) is 24.5. The van der Waals surface area contributed by atoms with E-state index < -0.39 is 0 Å². The van der Waals surface area contributed by atoms with E-state index in [1.54, 1.807) is 0 Å². The number of carbonyl (C=O) groups is 1. The van der Waals surface area contributed by atoms with Crippen molar-refractivity contribution >= 4 is 18.3 Å². The second-order valence-corrected chi connectivity index (χ2v) is 7.98. The fourth-order valence-corrected chi connectivity index (χ4v) is 4.87. The monoisotopic (exact) mass is 394 g/mol. The number of benzene rings is 1. The number of halogens is 1. The van der Waals surface area contributed by atoms with E-state index in [0.29, 0.717) is 31.0 Å². The second kappa shape index (κ2) is 9.16. The van der Waals surface area contributed by atoms with Crippen molar-refractivity contribution in [3.8, 4) is 11.5 Å². The van der Waals surface area contributed by atoms with Gasteiger partial charge in [0, 0.05) is 18.5 Å². The van der Waals surface area contributed by atoms with Crippen LogP contribution >= 0.6 is 12.4 Å². The Hall–Kier alpha value is -1.46. The SMILES string of the molecule is Cl.NC[C@H]1CCC[C@H]1C(=O)N(Cc1ccc2c(c1)OCO2)C1CCCCC1. The third kappa shape index (κ3) is 4.35. The van der Waals surface area contributed by atoms with Gasteiger partial charge in [-0.1, -0.05) is 31.7 Å². The maximum atomic E-state index is 13.5. The first-order valence-corrected chi connectivity index (χ1v) is 10.2. The molecule has 0 spiro atoms. The number of hydrogen-bond donors (Lipinski definition) is 1. The van der Waals surface area contributed by atoms with Crippen LogP contribution in [0.5, 0.6) is 11.5 Å². The molecule has 0 saturated heterocycles. The summed E-state index contributed by atoms with van der Waals surface area (Å²) >= 11 is 0. The molecule has 1 amide bonds. The standard InChI is InChI=1S/C21H30N2O3.ClH/c22-12-16-5-4-8-18(16)21(24)23(17-6-2-1-3-7-17)13-15-9-10-19-20(11-15)26-14-25-19;/h9-11,16-18H,1-8,12-14,22H2;1H/t16-,18-;/m1./s1. The van der Waals surface area contributed by atoms with Crippen molar-refractivity contribution in [1.82, 2.24) is 4.90 Å². The second-order valence-electron chi connectivity index (χ2n) is 7.98. The summed E-state index contributed by atoms with van der Waals surface area (Å²) in [5, 5.41) is 0. The topological polar surface area (TPSA) is 64.8 Å². The average Bonchev–Trinajstić information content (AvgIpc) is 3.34. The van der Waals surface area contributed by atoms with Gasteiger partial charge in [-0.2, -0.15) is 0 Å². The van der Waals surface area contributed by atoms with Gasteiger partial charge in [0.05, 0.1) is 0 Å². The molecular weight excluding hydrogens is 364 g/mol. The van der Waals surface area contributed by atoms with Crippen LogP contribution in [0.1, 0.15) is 56.9 Å². The molecule has 2 saturated carbocycles. The molecule has 1 aliphatic heterocycles. The van der Waals surface area contributed by atoms with E-state index in [2.05, 4.69) is 11.0 Å². The molecule has 0 radical (unpaired) electrons. The lowest BCUT2D eigenvalue weighted by molar-refractivity contribution is -0.140. The van der Waals surface area contributed by atoms with Crippen molar-refractivity contribution in [1.29, 1.82) is 0 Å². The number of nitrogens with zero attached hydrogens (tertiary/aromatic N) is 1. The van der Waals surface area contributed by atoms with E-state index in [-0.39, 0.29) is 25.1 Å². The molecule has 2 fully saturated rings. The van der Waals surface area contributed by atoms with Crippen LogP contribution in [0.3, 0.4) is 0 Å². The van der Waals surface area contributed by atoms with E-state index in [4.69, 9.17) is 15.2 Å². The van der Waals surface area contributed by atoms with Crippen molar-refractivity contribution < 1.29 is 14.3 Å². The number of hydrogen-bond acceptors (Lipinski definition) is 4. The van der Waals surface area contributed by atoms with Gasteiger partial charge in [0.15, 0.2) is 11.5 Å². The fourth-order valence-electron chi connectivity index (χ4n) is 4.87. The minimum Gasteiger partial charge on any atom is -0.454 e. The highest BCUT2D eigenvalue weighted by atomic mass is 35.5. The maximum absolute atomic E-state index is 13.5. The summed E-state index contributed by atoms with van der Waals surface area (Å²) in [6.07, 6.45) is 9.19. The highest BCUT2D eigenvalue weighted by Crippen LogP contribution is 2.36. The van der Waals surface area contributed by atoms with Crippen LogP contribution in [-0.4, -0.2) is 30.2 Å². The molecule has 2 atom stereocenters. The molecule has 150 valence electrons. The number of nitrogens with two attached hydrogens (primary N) is 1. The maximum Gasteiger partial charge on any atom is 0.231 e. The zero-order valence-electron chi connectivity index (χ0n) is 15.9. The quantitative estimate of drug-likeness (QED) is 0.823. The Bertz CT molecular complexity index is 648.